The molecule has 206 valence electrons. The number of nitrogens with one attached hydrogen (secondary N) is 1. The van der Waals surface area contributed by atoms with Crippen LogP contribution in [0.2, 0.25) is 0 Å². The highest BCUT2D eigenvalue weighted by atomic mass is 16.7. The van der Waals surface area contributed by atoms with Gasteiger partial charge in [-0.05, 0) is 80.4 Å². The van der Waals surface area contributed by atoms with Crippen LogP contribution in [0.4, 0.5) is 9.59 Å². The van der Waals surface area contributed by atoms with E-state index in [9.17, 15) is 9.59 Å². The summed E-state index contributed by atoms with van der Waals surface area (Å²) >= 11 is 0. The van der Waals surface area contributed by atoms with Gasteiger partial charge >= 0.3 is 12.2 Å². The van der Waals surface area contributed by atoms with Crippen LogP contribution in [0.25, 0.3) is 0 Å². The predicted molar refractivity (Wildman–Crippen MR) is 147 cm³/mol. The highest BCUT2D eigenvalue weighted by Gasteiger charge is 2.48. The van der Waals surface area contributed by atoms with Crippen molar-refractivity contribution in [2.75, 3.05) is 14.2 Å². The van der Waals surface area contributed by atoms with Gasteiger partial charge in [0.15, 0.2) is 0 Å². The van der Waals surface area contributed by atoms with Gasteiger partial charge in [-0.3, -0.25) is 0 Å². The van der Waals surface area contributed by atoms with Crippen molar-refractivity contribution in [2.45, 2.75) is 32.2 Å². The number of rotatable bonds is 6. The molecule has 0 saturated carbocycles. The molecule has 1 N–H and O–H groups in total. The number of hydrogen-bond acceptors (Lipinski definition) is 8. The van der Waals surface area contributed by atoms with Crippen molar-refractivity contribution in [3.63, 3.8) is 0 Å². The molecule has 0 fully saturated rings. The Morgan fingerprint density at radius 2 is 1.48 bits per heavy atom. The fraction of sp³-hybridized carbons (Fsp3) is 0.258. The van der Waals surface area contributed by atoms with Crippen molar-refractivity contribution in [1.82, 2.24) is 10.3 Å². The lowest BCUT2D eigenvalue weighted by Gasteiger charge is -2.47. The average molecular weight is 543 g/mol. The molecule has 9 nitrogen and oxygen atoms in total. The highest BCUT2D eigenvalue weighted by molar-refractivity contribution is 5.74. The van der Waals surface area contributed by atoms with Crippen LogP contribution in [0.15, 0.2) is 84.0 Å². The minimum atomic E-state index is -0.908. The highest BCUT2D eigenvalue weighted by Crippen LogP contribution is 2.50. The van der Waals surface area contributed by atoms with Crippen molar-refractivity contribution in [2.24, 2.45) is 5.92 Å². The first-order valence-electron chi connectivity index (χ1n) is 12.9. The zero-order valence-corrected chi connectivity index (χ0v) is 22.7. The van der Waals surface area contributed by atoms with Crippen molar-refractivity contribution < 1.29 is 33.3 Å². The van der Waals surface area contributed by atoms with Crippen LogP contribution in [0.1, 0.15) is 31.5 Å². The Morgan fingerprint density at radius 3 is 2.08 bits per heavy atom. The second-order valence-corrected chi connectivity index (χ2v) is 9.61. The molecule has 3 aromatic rings. The Bertz CT molecular complexity index is 1480. The van der Waals surface area contributed by atoms with Gasteiger partial charge in [0.05, 0.1) is 25.5 Å². The molecule has 0 radical (unpaired) electrons. The summed E-state index contributed by atoms with van der Waals surface area (Å²) in [5.41, 5.74) is 2.90. The summed E-state index contributed by atoms with van der Waals surface area (Å²) < 4.78 is 26.6. The van der Waals surface area contributed by atoms with E-state index >= 15 is 0 Å². The Kier molecular flexibility index (Phi) is 7.46. The molecule has 1 heterocycles. The molecule has 1 amide bonds. The van der Waals surface area contributed by atoms with Gasteiger partial charge in [-0.2, -0.15) is 0 Å². The number of benzene rings is 2. The molecular formula is C31H30N2O7. The lowest BCUT2D eigenvalue weighted by molar-refractivity contribution is 0.149. The van der Waals surface area contributed by atoms with Crippen LogP contribution in [0, 0.1) is 5.92 Å². The zero-order chi connectivity index (χ0) is 28.3. The smallest absolute Gasteiger partial charge is 0.497 e. The Hall–Kier alpha value is -4.79. The van der Waals surface area contributed by atoms with Crippen LogP contribution < -0.4 is 29.0 Å². The van der Waals surface area contributed by atoms with E-state index in [0.717, 1.165) is 22.4 Å². The van der Waals surface area contributed by atoms with Crippen molar-refractivity contribution in [3.8, 4) is 28.9 Å². The van der Waals surface area contributed by atoms with Crippen LogP contribution in [-0.4, -0.2) is 31.5 Å². The fourth-order valence-electron chi connectivity index (χ4n) is 5.48. The standard InChI is InChI=1S/C31H30N2O7/c1-5-25-20-16-19(2)18-31(25,33-29(34)38-23-10-6-21(36-3)7-11-23)26-14-15-28(32-27(26)17-20)40-30(35)39-24-12-8-22(37-4)9-13-24/h5-16,20H,17-18H2,1-4H3,(H,33,34)/b25-5+. The number of fused-ring (bicyclic) bond motifs is 4. The van der Waals surface area contributed by atoms with E-state index in [0.29, 0.717) is 35.8 Å². The Balaban J connectivity index is 1.39. The first kappa shape index (κ1) is 26.8. The summed E-state index contributed by atoms with van der Waals surface area (Å²) in [4.78, 5) is 30.3. The first-order chi connectivity index (χ1) is 19.3. The number of aromatic nitrogens is 1. The van der Waals surface area contributed by atoms with Crippen LogP contribution in [-0.2, 0) is 12.0 Å². The molecule has 1 aromatic heterocycles. The molecule has 2 unspecified atom stereocenters. The Morgan fingerprint density at radius 1 is 0.875 bits per heavy atom. The van der Waals surface area contributed by atoms with E-state index in [2.05, 4.69) is 23.3 Å². The number of carbonyl (C=O) groups is 2. The van der Waals surface area contributed by atoms with E-state index in [-0.39, 0.29) is 11.8 Å². The molecule has 0 aliphatic heterocycles. The second kappa shape index (κ2) is 11.1. The zero-order valence-electron chi connectivity index (χ0n) is 22.7. The topological polar surface area (TPSA) is 105 Å². The van der Waals surface area contributed by atoms with Gasteiger partial charge in [0.25, 0.3) is 0 Å². The monoisotopic (exact) mass is 542 g/mol. The fourth-order valence-corrected chi connectivity index (χ4v) is 5.48. The largest absolute Gasteiger partial charge is 0.520 e. The summed E-state index contributed by atoms with van der Waals surface area (Å²) in [6.07, 6.45) is 3.88. The lowest BCUT2D eigenvalue weighted by atomic mass is 9.63. The van der Waals surface area contributed by atoms with Crippen molar-refractivity contribution >= 4 is 12.2 Å². The molecule has 0 saturated heterocycles. The van der Waals surface area contributed by atoms with E-state index in [4.69, 9.17) is 23.7 Å². The molecule has 2 aliphatic rings. The number of methoxy groups -OCH3 is 2. The summed E-state index contributed by atoms with van der Waals surface area (Å²) in [6.45, 7) is 4.02. The lowest BCUT2D eigenvalue weighted by Crippen LogP contribution is -2.54. The first-order valence-corrected chi connectivity index (χ1v) is 12.9. The SMILES string of the molecule is C/C=C1\C2C=C(C)CC1(NC(=O)Oc1ccc(OC)cc1)c1ccc(OC(=O)Oc3ccc(OC)cc3)nc1C2. The van der Waals surface area contributed by atoms with Crippen LogP contribution in [0.5, 0.6) is 28.9 Å². The van der Waals surface area contributed by atoms with Crippen molar-refractivity contribution in [1.29, 1.82) is 0 Å². The summed E-state index contributed by atoms with van der Waals surface area (Å²) in [6, 6.07) is 16.8. The minimum absolute atomic E-state index is 0.0153. The Labute approximate surface area is 232 Å². The molecule has 2 bridgehead atoms. The molecule has 9 heteroatoms. The van der Waals surface area contributed by atoms with Gasteiger partial charge in [0.2, 0.25) is 5.88 Å². The van der Waals surface area contributed by atoms with Gasteiger partial charge in [-0.1, -0.05) is 17.7 Å². The molecule has 40 heavy (non-hydrogen) atoms. The molecule has 2 atom stereocenters. The minimum Gasteiger partial charge on any atom is -0.497 e. The number of ether oxygens (including phenoxy) is 5. The molecule has 5 rings (SSSR count). The van der Waals surface area contributed by atoms with Crippen molar-refractivity contribution in [3.05, 3.63) is 95.2 Å². The van der Waals surface area contributed by atoms with Gasteiger partial charge in [0, 0.05) is 24.0 Å². The maximum atomic E-state index is 13.2. The number of pyridine rings is 1. The van der Waals surface area contributed by atoms with Crippen LogP contribution >= 0.6 is 0 Å². The maximum absolute atomic E-state index is 13.2. The summed E-state index contributed by atoms with van der Waals surface area (Å²) in [5.74, 6) is 2.14. The number of carbonyl (C=O) groups excluding carboxylic acids is 2. The normalized spacial score (nSPS) is 20.1. The van der Waals surface area contributed by atoms with Gasteiger partial charge < -0.3 is 29.0 Å². The molecule has 2 aromatic carbocycles. The molecular weight excluding hydrogens is 512 g/mol. The predicted octanol–water partition coefficient (Wildman–Crippen LogP) is 6.13. The van der Waals surface area contributed by atoms with E-state index in [1.807, 2.05) is 19.1 Å². The maximum Gasteiger partial charge on any atom is 0.520 e. The number of amides is 1. The number of hydrogen-bond donors (Lipinski definition) is 1. The molecule has 0 spiro atoms. The third-order valence-electron chi connectivity index (χ3n) is 7.09. The molecule has 2 aliphatic carbocycles. The van der Waals surface area contributed by atoms with E-state index in [1.165, 1.54) is 0 Å². The quantitative estimate of drug-likeness (QED) is 0.225. The van der Waals surface area contributed by atoms with Gasteiger partial charge in [0.1, 0.15) is 23.0 Å². The number of allylic oxidation sites excluding steroid dienone is 2. The van der Waals surface area contributed by atoms with E-state index < -0.39 is 17.8 Å². The third-order valence-corrected chi connectivity index (χ3v) is 7.09. The van der Waals surface area contributed by atoms with Gasteiger partial charge in [-0.15, -0.1) is 0 Å². The van der Waals surface area contributed by atoms with Gasteiger partial charge in [-0.25, -0.2) is 14.6 Å². The average Bonchev–Trinajstić information content (AvgIpc) is 2.93. The summed E-state index contributed by atoms with van der Waals surface area (Å²) in [5, 5.41) is 3.15. The third kappa shape index (κ3) is 5.36. The summed E-state index contributed by atoms with van der Waals surface area (Å²) in [7, 11) is 3.13. The van der Waals surface area contributed by atoms with Crippen LogP contribution in [0.3, 0.4) is 0 Å². The second-order valence-electron chi connectivity index (χ2n) is 9.61. The van der Waals surface area contributed by atoms with E-state index in [1.54, 1.807) is 68.8 Å². The number of nitrogens with zero attached hydrogens (tertiary/aromatic N) is 1.